The normalized spacial score (nSPS) is 12.8. The van der Waals surface area contributed by atoms with Gasteiger partial charge in [-0.25, -0.2) is 0 Å². The molecule has 1 atom stereocenters. The third-order valence-corrected chi connectivity index (χ3v) is 2.49. The zero-order valence-electron chi connectivity index (χ0n) is 8.66. The van der Waals surface area contributed by atoms with Crippen molar-refractivity contribution in [2.24, 2.45) is 5.92 Å². The minimum atomic E-state index is 0.636. The van der Waals surface area contributed by atoms with Crippen molar-refractivity contribution in [1.29, 1.82) is 5.26 Å². The highest BCUT2D eigenvalue weighted by molar-refractivity contribution is 7.80. The first-order valence-corrected chi connectivity index (χ1v) is 5.50. The molecule has 1 unspecified atom stereocenters. The summed E-state index contributed by atoms with van der Waals surface area (Å²) in [6.07, 6.45) is 3.04. The van der Waals surface area contributed by atoms with Gasteiger partial charge in [-0.15, -0.1) is 0 Å². The molecule has 0 bridgehead atoms. The average Bonchev–Trinajstić information content (AvgIpc) is 2.12. The van der Waals surface area contributed by atoms with Crippen LogP contribution in [0, 0.1) is 17.2 Å². The highest BCUT2D eigenvalue weighted by Gasteiger charge is 2.03. The zero-order valence-corrected chi connectivity index (χ0v) is 9.56. The molecule has 0 aromatic carbocycles. The van der Waals surface area contributed by atoms with Gasteiger partial charge in [0.1, 0.15) is 0 Å². The lowest BCUT2D eigenvalue weighted by molar-refractivity contribution is 0.309. The predicted molar refractivity (Wildman–Crippen MR) is 60.0 cm³/mol. The Labute approximate surface area is 87.3 Å². The molecule has 0 aliphatic rings. The Morgan fingerprint density at radius 1 is 1.38 bits per heavy atom. The van der Waals surface area contributed by atoms with Crippen molar-refractivity contribution in [2.45, 2.75) is 26.2 Å². The molecule has 0 saturated carbocycles. The van der Waals surface area contributed by atoms with E-state index < -0.39 is 0 Å². The molecule has 3 heteroatoms. The van der Waals surface area contributed by atoms with Gasteiger partial charge in [-0.2, -0.15) is 17.9 Å². The average molecular weight is 200 g/mol. The van der Waals surface area contributed by atoms with E-state index in [1.165, 1.54) is 12.8 Å². The second-order valence-electron chi connectivity index (χ2n) is 3.62. The molecule has 0 N–H and O–H groups in total. The highest BCUT2D eigenvalue weighted by Crippen LogP contribution is 2.08. The van der Waals surface area contributed by atoms with Crippen LogP contribution in [0.2, 0.25) is 0 Å². The van der Waals surface area contributed by atoms with Gasteiger partial charge in [0.2, 0.25) is 0 Å². The lowest BCUT2D eigenvalue weighted by Crippen LogP contribution is -2.22. The number of hydrogen-bond acceptors (Lipinski definition) is 3. The van der Waals surface area contributed by atoms with E-state index in [0.29, 0.717) is 6.42 Å². The first-order chi connectivity index (χ1) is 6.20. The van der Waals surface area contributed by atoms with Gasteiger partial charge in [-0.1, -0.05) is 6.92 Å². The Bertz CT molecular complexity index is 153. The van der Waals surface area contributed by atoms with E-state index in [-0.39, 0.29) is 0 Å². The van der Waals surface area contributed by atoms with Crippen LogP contribution in [0.4, 0.5) is 0 Å². The molecular weight excluding hydrogens is 180 g/mol. The largest absolute Gasteiger partial charge is 0.305 e. The number of nitriles is 1. The molecule has 0 aliphatic carbocycles. The van der Waals surface area contributed by atoms with E-state index in [4.69, 9.17) is 5.26 Å². The molecule has 0 heterocycles. The topological polar surface area (TPSA) is 27.0 Å². The SMILES string of the molecule is CC(CCS)CCN(C)CCC#N. The van der Waals surface area contributed by atoms with Crippen LogP contribution >= 0.6 is 12.6 Å². The van der Waals surface area contributed by atoms with Crippen LogP contribution in [0.5, 0.6) is 0 Å². The Kier molecular flexibility index (Phi) is 8.27. The van der Waals surface area contributed by atoms with E-state index in [9.17, 15) is 0 Å². The smallest absolute Gasteiger partial charge is 0.0635 e. The van der Waals surface area contributed by atoms with Crippen LogP contribution in [0.3, 0.4) is 0 Å². The number of hydrogen-bond donors (Lipinski definition) is 1. The summed E-state index contributed by atoms with van der Waals surface area (Å²) in [4.78, 5) is 2.22. The molecule has 13 heavy (non-hydrogen) atoms. The van der Waals surface area contributed by atoms with Gasteiger partial charge >= 0.3 is 0 Å². The van der Waals surface area contributed by atoms with Crippen LogP contribution in [0.25, 0.3) is 0 Å². The van der Waals surface area contributed by atoms with E-state index in [2.05, 4.69) is 37.6 Å². The minimum Gasteiger partial charge on any atom is -0.305 e. The molecule has 0 fully saturated rings. The standard InChI is InChI=1S/C10H20N2S/c1-10(5-9-13)4-8-12(2)7-3-6-11/h10,13H,3-5,7-9H2,1-2H3. The van der Waals surface area contributed by atoms with Crippen molar-refractivity contribution in [1.82, 2.24) is 4.90 Å². The van der Waals surface area contributed by atoms with E-state index in [1.807, 2.05) is 0 Å². The Balaban J connectivity index is 3.35. The third kappa shape index (κ3) is 8.14. The molecule has 0 amide bonds. The predicted octanol–water partition coefficient (Wildman–Crippen LogP) is 2.18. The first kappa shape index (κ1) is 12.8. The van der Waals surface area contributed by atoms with Gasteiger partial charge in [-0.3, -0.25) is 0 Å². The maximum atomic E-state index is 8.39. The van der Waals surface area contributed by atoms with Crippen LogP contribution in [-0.2, 0) is 0 Å². The molecule has 0 rings (SSSR count). The summed E-state index contributed by atoms with van der Waals surface area (Å²) in [6, 6.07) is 2.16. The second-order valence-corrected chi connectivity index (χ2v) is 4.06. The van der Waals surface area contributed by atoms with Crippen molar-refractivity contribution in [3.63, 3.8) is 0 Å². The number of nitrogens with zero attached hydrogens (tertiary/aromatic N) is 2. The fourth-order valence-electron chi connectivity index (χ4n) is 1.16. The maximum absolute atomic E-state index is 8.39. The third-order valence-electron chi connectivity index (χ3n) is 2.23. The van der Waals surface area contributed by atoms with E-state index in [1.54, 1.807) is 0 Å². The quantitative estimate of drug-likeness (QED) is 0.638. The van der Waals surface area contributed by atoms with Crippen molar-refractivity contribution in [3.05, 3.63) is 0 Å². The van der Waals surface area contributed by atoms with Crippen LogP contribution < -0.4 is 0 Å². The molecule has 0 aromatic heterocycles. The molecule has 0 aliphatic heterocycles. The zero-order chi connectivity index (χ0) is 10.1. The fourth-order valence-corrected chi connectivity index (χ4v) is 1.60. The molecule has 0 aromatic rings. The molecule has 0 radical (unpaired) electrons. The molecular formula is C10H20N2S. The number of thiol groups is 1. The minimum absolute atomic E-state index is 0.636. The van der Waals surface area contributed by atoms with Gasteiger partial charge < -0.3 is 4.90 Å². The molecule has 76 valence electrons. The van der Waals surface area contributed by atoms with Crippen molar-refractivity contribution < 1.29 is 0 Å². The molecule has 2 nitrogen and oxygen atoms in total. The fraction of sp³-hybridized carbons (Fsp3) is 0.900. The Morgan fingerprint density at radius 3 is 2.62 bits per heavy atom. The maximum Gasteiger partial charge on any atom is 0.0635 e. The lowest BCUT2D eigenvalue weighted by Gasteiger charge is -2.17. The summed E-state index contributed by atoms with van der Waals surface area (Å²) in [5, 5.41) is 8.39. The van der Waals surface area contributed by atoms with Crippen LogP contribution in [-0.4, -0.2) is 30.8 Å². The lowest BCUT2D eigenvalue weighted by atomic mass is 10.1. The summed E-state index contributed by atoms with van der Waals surface area (Å²) in [7, 11) is 2.07. The van der Waals surface area contributed by atoms with Gasteiger partial charge in [0, 0.05) is 13.0 Å². The highest BCUT2D eigenvalue weighted by atomic mass is 32.1. The summed E-state index contributed by atoms with van der Waals surface area (Å²) >= 11 is 4.20. The van der Waals surface area contributed by atoms with Crippen molar-refractivity contribution in [2.75, 3.05) is 25.9 Å². The molecule has 0 saturated heterocycles. The van der Waals surface area contributed by atoms with Gasteiger partial charge in [0.15, 0.2) is 0 Å². The summed E-state index contributed by atoms with van der Waals surface area (Å²) in [5.74, 6) is 1.73. The summed E-state index contributed by atoms with van der Waals surface area (Å²) < 4.78 is 0. The van der Waals surface area contributed by atoms with Crippen molar-refractivity contribution >= 4 is 12.6 Å². The monoisotopic (exact) mass is 200 g/mol. The summed E-state index contributed by atoms with van der Waals surface area (Å²) in [6.45, 7) is 4.25. The van der Waals surface area contributed by atoms with E-state index in [0.717, 1.165) is 24.8 Å². The van der Waals surface area contributed by atoms with Gasteiger partial charge in [-0.05, 0) is 38.1 Å². The van der Waals surface area contributed by atoms with Crippen LogP contribution in [0.1, 0.15) is 26.2 Å². The Morgan fingerprint density at radius 2 is 2.08 bits per heavy atom. The number of rotatable bonds is 7. The Hall–Kier alpha value is -0.200. The summed E-state index contributed by atoms with van der Waals surface area (Å²) in [5.41, 5.74) is 0. The van der Waals surface area contributed by atoms with Crippen molar-refractivity contribution in [3.8, 4) is 6.07 Å². The van der Waals surface area contributed by atoms with Gasteiger partial charge in [0.25, 0.3) is 0 Å². The van der Waals surface area contributed by atoms with Crippen LogP contribution in [0.15, 0.2) is 0 Å². The first-order valence-electron chi connectivity index (χ1n) is 4.87. The second kappa shape index (κ2) is 8.40. The van der Waals surface area contributed by atoms with Gasteiger partial charge in [0.05, 0.1) is 6.07 Å². The van der Waals surface area contributed by atoms with E-state index >= 15 is 0 Å². The molecule has 0 spiro atoms.